The average Bonchev–Trinajstić information content (AvgIpc) is 1.82. The summed E-state index contributed by atoms with van der Waals surface area (Å²) in [5, 5.41) is 0. The topological polar surface area (TPSA) is 76.0 Å². The zero-order chi connectivity index (χ0) is 9.30. The summed E-state index contributed by atoms with van der Waals surface area (Å²) in [7, 11) is 0. The van der Waals surface area contributed by atoms with Gasteiger partial charge in [-0.3, -0.25) is 9.59 Å². The van der Waals surface area contributed by atoms with Crippen LogP contribution in [0.2, 0.25) is 0 Å². The molecule has 0 atom stereocenters. The van der Waals surface area contributed by atoms with Gasteiger partial charge < -0.3 is 10.7 Å². The fourth-order valence-electron chi connectivity index (χ4n) is 1.08. The largest absolute Gasteiger partial charge is 0.398 e. The third-order valence-electron chi connectivity index (χ3n) is 1.55. The van der Waals surface area contributed by atoms with Crippen LogP contribution in [0, 0.1) is 6.92 Å². The van der Waals surface area contributed by atoms with E-state index in [0.29, 0.717) is 5.69 Å². The van der Waals surface area contributed by atoms with Gasteiger partial charge in [-0.05, 0) is 19.9 Å². The molecule has 0 amide bonds. The maximum absolute atomic E-state index is 11.1. The molecule has 12 heavy (non-hydrogen) atoms. The van der Waals surface area contributed by atoms with Gasteiger partial charge in [-0.1, -0.05) is 0 Å². The van der Waals surface area contributed by atoms with Gasteiger partial charge in [-0.2, -0.15) is 0 Å². The molecule has 0 fully saturated rings. The molecule has 0 spiro atoms. The van der Waals surface area contributed by atoms with Crippen molar-refractivity contribution in [1.29, 1.82) is 0 Å². The molecule has 1 heterocycles. The molecule has 1 aromatic heterocycles. The summed E-state index contributed by atoms with van der Waals surface area (Å²) in [6, 6.07) is 1.57. The fraction of sp³-hybridized carbons (Fsp3) is 0.250. The summed E-state index contributed by atoms with van der Waals surface area (Å²) in [5.74, 6) is -0.311. The number of Topliss-reactive ketones (excluding diaryl/α,β-unsaturated/α-hetero) is 1. The molecule has 1 aromatic rings. The Hall–Kier alpha value is -1.58. The zero-order valence-electron chi connectivity index (χ0n) is 6.97. The lowest BCUT2D eigenvalue weighted by molar-refractivity contribution is 0.101. The van der Waals surface area contributed by atoms with Crippen LogP contribution in [-0.4, -0.2) is 10.8 Å². The number of hydrogen-bond donors (Lipinski definition) is 2. The number of carbonyl (C=O) groups is 1. The minimum Gasteiger partial charge on any atom is -0.398 e. The third kappa shape index (κ3) is 1.37. The predicted octanol–water partition coefficient (Wildman–Crippen LogP) is 0.468. The first kappa shape index (κ1) is 8.52. The molecule has 0 aliphatic rings. The quantitative estimate of drug-likeness (QED) is 0.595. The normalized spacial score (nSPS) is 9.83. The van der Waals surface area contributed by atoms with E-state index in [4.69, 9.17) is 5.73 Å². The molecule has 0 unspecified atom stereocenters. The van der Waals surface area contributed by atoms with Gasteiger partial charge >= 0.3 is 0 Å². The van der Waals surface area contributed by atoms with Crippen LogP contribution in [0.4, 0.5) is 5.69 Å². The lowest BCUT2D eigenvalue weighted by Gasteiger charge is -2.00. The van der Waals surface area contributed by atoms with E-state index in [0.717, 1.165) is 0 Å². The molecule has 0 aromatic carbocycles. The molecule has 4 heteroatoms. The number of aromatic amines is 1. The summed E-state index contributed by atoms with van der Waals surface area (Å²) < 4.78 is 0. The Balaban J connectivity index is 3.49. The number of H-pyrrole nitrogens is 1. The van der Waals surface area contributed by atoms with Gasteiger partial charge in [0.15, 0.2) is 5.78 Å². The van der Waals surface area contributed by atoms with E-state index in [2.05, 4.69) is 4.98 Å². The molecule has 0 aliphatic heterocycles. The lowest BCUT2D eigenvalue weighted by Crippen LogP contribution is -2.19. The number of carbonyl (C=O) groups excluding carboxylic acids is 1. The summed E-state index contributed by atoms with van der Waals surface area (Å²) >= 11 is 0. The lowest BCUT2D eigenvalue weighted by atomic mass is 10.1. The number of pyridine rings is 1. The van der Waals surface area contributed by atoms with Crippen LogP contribution in [-0.2, 0) is 0 Å². The van der Waals surface area contributed by atoms with E-state index in [-0.39, 0.29) is 17.0 Å². The molecular formula is C8H10N2O2. The standard InChI is InChI=1S/C8H10N2O2/c1-4-3-6(9)7(5(2)11)8(12)10-4/h3H,1-2H3,(H3,9,10,12). The Kier molecular flexibility index (Phi) is 1.99. The number of nitrogens with two attached hydrogens (primary N) is 1. The van der Waals surface area contributed by atoms with Crippen molar-refractivity contribution in [2.24, 2.45) is 0 Å². The van der Waals surface area contributed by atoms with Crippen LogP contribution in [0.25, 0.3) is 0 Å². The number of aryl methyl sites for hydroxylation is 1. The molecule has 3 N–H and O–H groups in total. The number of aromatic nitrogens is 1. The SMILES string of the molecule is CC(=O)c1c(N)cc(C)[nH]c1=O. The first-order valence-electron chi connectivity index (χ1n) is 3.52. The number of rotatable bonds is 1. The Morgan fingerprint density at radius 3 is 2.58 bits per heavy atom. The van der Waals surface area contributed by atoms with Crippen molar-refractivity contribution < 1.29 is 4.79 Å². The average molecular weight is 166 g/mol. The van der Waals surface area contributed by atoms with Crippen LogP contribution in [0.1, 0.15) is 23.0 Å². The minimum atomic E-state index is -0.417. The van der Waals surface area contributed by atoms with E-state index in [9.17, 15) is 9.59 Å². The number of ketones is 1. The molecule has 1 rings (SSSR count). The van der Waals surface area contributed by atoms with Crippen LogP contribution < -0.4 is 11.3 Å². The number of nitrogens with one attached hydrogen (secondary N) is 1. The van der Waals surface area contributed by atoms with Crippen LogP contribution in [0.15, 0.2) is 10.9 Å². The highest BCUT2D eigenvalue weighted by Crippen LogP contribution is 2.06. The van der Waals surface area contributed by atoms with E-state index in [1.807, 2.05) is 0 Å². The summed E-state index contributed by atoms with van der Waals surface area (Å²) in [4.78, 5) is 24.5. The Labute approximate surface area is 69.4 Å². The molecule has 0 radical (unpaired) electrons. The highest BCUT2D eigenvalue weighted by molar-refractivity contribution is 5.98. The van der Waals surface area contributed by atoms with Gasteiger partial charge in [0, 0.05) is 11.4 Å². The number of hydrogen-bond acceptors (Lipinski definition) is 3. The van der Waals surface area contributed by atoms with E-state index < -0.39 is 5.56 Å². The summed E-state index contributed by atoms with van der Waals surface area (Å²) in [6.07, 6.45) is 0. The van der Waals surface area contributed by atoms with Crippen LogP contribution in [0.5, 0.6) is 0 Å². The van der Waals surface area contributed by atoms with Crippen molar-refractivity contribution in [3.05, 3.63) is 27.7 Å². The van der Waals surface area contributed by atoms with E-state index >= 15 is 0 Å². The second-order valence-electron chi connectivity index (χ2n) is 2.67. The van der Waals surface area contributed by atoms with Gasteiger partial charge in [0.25, 0.3) is 5.56 Å². The van der Waals surface area contributed by atoms with Gasteiger partial charge in [0.2, 0.25) is 0 Å². The molecule has 4 nitrogen and oxygen atoms in total. The first-order valence-corrected chi connectivity index (χ1v) is 3.52. The summed E-state index contributed by atoms with van der Waals surface area (Å²) in [6.45, 7) is 3.03. The Morgan fingerprint density at radius 2 is 2.17 bits per heavy atom. The van der Waals surface area contributed by atoms with Crippen molar-refractivity contribution in [2.75, 3.05) is 5.73 Å². The van der Waals surface area contributed by atoms with Crippen LogP contribution >= 0.6 is 0 Å². The highest BCUT2D eigenvalue weighted by Gasteiger charge is 2.09. The molecule has 0 bridgehead atoms. The summed E-state index contributed by atoms with van der Waals surface area (Å²) in [5.41, 5.74) is 6.00. The highest BCUT2D eigenvalue weighted by atomic mass is 16.1. The predicted molar refractivity (Wildman–Crippen MR) is 46.2 cm³/mol. The van der Waals surface area contributed by atoms with Crippen LogP contribution in [0.3, 0.4) is 0 Å². The third-order valence-corrected chi connectivity index (χ3v) is 1.55. The van der Waals surface area contributed by atoms with Crippen molar-refractivity contribution in [3.63, 3.8) is 0 Å². The fourth-order valence-corrected chi connectivity index (χ4v) is 1.08. The zero-order valence-corrected chi connectivity index (χ0v) is 6.97. The Bertz CT molecular complexity index is 379. The van der Waals surface area contributed by atoms with Gasteiger partial charge in [-0.15, -0.1) is 0 Å². The van der Waals surface area contributed by atoms with E-state index in [1.165, 1.54) is 6.92 Å². The number of anilines is 1. The molecule has 0 saturated carbocycles. The van der Waals surface area contributed by atoms with Crippen molar-refractivity contribution >= 4 is 11.5 Å². The minimum absolute atomic E-state index is 0.0422. The van der Waals surface area contributed by atoms with Crippen molar-refractivity contribution in [3.8, 4) is 0 Å². The maximum Gasteiger partial charge on any atom is 0.261 e. The van der Waals surface area contributed by atoms with Crippen molar-refractivity contribution in [2.45, 2.75) is 13.8 Å². The molecule has 0 aliphatic carbocycles. The van der Waals surface area contributed by atoms with Gasteiger partial charge in [-0.25, -0.2) is 0 Å². The first-order chi connectivity index (χ1) is 5.52. The maximum atomic E-state index is 11.1. The monoisotopic (exact) mass is 166 g/mol. The number of nitrogen functional groups attached to an aromatic ring is 1. The van der Waals surface area contributed by atoms with Crippen molar-refractivity contribution in [1.82, 2.24) is 4.98 Å². The second-order valence-corrected chi connectivity index (χ2v) is 2.67. The second kappa shape index (κ2) is 2.81. The molecule has 0 saturated heterocycles. The molecular weight excluding hydrogens is 156 g/mol. The van der Waals surface area contributed by atoms with Gasteiger partial charge in [0.05, 0.1) is 0 Å². The van der Waals surface area contributed by atoms with Gasteiger partial charge in [0.1, 0.15) is 5.56 Å². The smallest absolute Gasteiger partial charge is 0.261 e. The Morgan fingerprint density at radius 1 is 1.58 bits per heavy atom. The van der Waals surface area contributed by atoms with E-state index in [1.54, 1.807) is 13.0 Å². The molecule has 64 valence electrons.